The maximum Gasteiger partial charge on any atom is 0.246 e. The number of aromatic nitrogens is 2. The van der Waals surface area contributed by atoms with Crippen LogP contribution < -0.4 is 0 Å². The van der Waals surface area contributed by atoms with E-state index >= 15 is 0 Å². The molecule has 0 amide bonds. The molecule has 0 aromatic carbocycles. The summed E-state index contributed by atoms with van der Waals surface area (Å²) in [4.78, 5) is 0.218. The van der Waals surface area contributed by atoms with E-state index in [1.54, 1.807) is 17.0 Å². The first-order valence-electron chi connectivity index (χ1n) is 7.32. The molecule has 21 heavy (non-hydrogen) atoms. The highest BCUT2D eigenvalue weighted by molar-refractivity contribution is 7.89. The van der Waals surface area contributed by atoms with E-state index in [-0.39, 0.29) is 18.0 Å². The van der Waals surface area contributed by atoms with Crippen molar-refractivity contribution < 1.29 is 13.5 Å². The summed E-state index contributed by atoms with van der Waals surface area (Å²) in [5.74, 6) is 0. The van der Waals surface area contributed by atoms with Crippen LogP contribution in [0.25, 0.3) is 0 Å². The van der Waals surface area contributed by atoms with Crippen LogP contribution in [0.4, 0.5) is 0 Å². The van der Waals surface area contributed by atoms with Gasteiger partial charge in [0, 0.05) is 19.3 Å². The summed E-state index contributed by atoms with van der Waals surface area (Å²) in [6, 6.07) is 0.322. The Morgan fingerprint density at radius 2 is 2.10 bits per heavy atom. The second-order valence-electron chi connectivity index (χ2n) is 6.08. The predicted molar refractivity (Wildman–Crippen MR) is 78.3 cm³/mol. The van der Waals surface area contributed by atoms with Gasteiger partial charge in [0.1, 0.15) is 4.90 Å². The van der Waals surface area contributed by atoms with Crippen molar-refractivity contribution in [2.45, 2.75) is 48.6 Å². The van der Waals surface area contributed by atoms with Crippen LogP contribution in [0.1, 0.15) is 38.1 Å². The van der Waals surface area contributed by atoms with Gasteiger partial charge in [-0.25, -0.2) is 8.42 Å². The summed E-state index contributed by atoms with van der Waals surface area (Å²) in [5, 5.41) is 14.3. The van der Waals surface area contributed by atoms with E-state index in [2.05, 4.69) is 11.7 Å². The van der Waals surface area contributed by atoms with Gasteiger partial charge in [0.15, 0.2) is 0 Å². The lowest BCUT2D eigenvalue weighted by atomic mass is 9.93. The molecule has 2 aliphatic rings. The molecule has 1 saturated heterocycles. The van der Waals surface area contributed by atoms with Gasteiger partial charge in [0.05, 0.1) is 17.8 Å². The van der Waals surface area contributed by atoms with Crippen LogP contribution in [0.2, 0.25) is 0 Å². The average molecular weight is 311 g/mol. The average Bonchev–Trinajstić information content (AvgIpc) is 3.06. The molecule has 0 atom stereocenters. The molecule has 116 valence electrons. The van der Waals surface area contributed by atoms with E-state index < -0.39 is 15.6 Å². The third-order valence-corrected chi connectivity index (χ3v) is 6.12. The first-order valence-corrected chi connectivity index (χ1v) is 8.76. The van der Waals surface area contributed by atoms with Gasteiger partial charge in [-0.3, -0.25) is 4.68 Å². The quantitative estimate of drug-likeness (QED) is 0.832. The second kappa shape index (κ2) is 5.23. The Morgan fingerprint density at radius 3 is 2.71 bits per heavy atom. The number of sulfonamides is 1. The second-order valence-corrected chi connectivity index (χ2v) is 8.02. The van der Waals surface area contributed by atoms with Crippen molar-refractivity contribution in [1.29, 1.82) is 0 Å². The molecule has 2 heterocycles. The minimum atomic E-state index is -3.54. The fourth-order valence-corrected chi connectivity index (χ4v) is 4.69. The van der Waals surface area contributed by atoms with Gasteiger partial charge < -0.3 is 5.11 Å². The van der Waals surface area contributed by atoms with Crippen LogP contribution in [0, 0.1) is 0 Å². The Labute approximate surface area is 125 Å². The summed E-state index contributed by atoms with van der Waals surface area (Å²) < 4.78 is 28.0. The molecule has 6 nitrogen and oxygen atoms in total. The zero-order valence-electron chi connectivity index (χ0n) is 12.0. The molecule has 0 radical (unpaired) electrons. The highest BCUT2D eigenvalue weighted by Gasteiger charge is 2.46. The molecule has 1 N–H and O–H groups in total. The standard InChI is InChI=1S/C14H21N3O3S/c1-2-7-14(18)10-16(11-14)21(19,20)13-8-15-17(9-13)12-5-3-4-6-12/h2,8-9,12,18H,1,3-7,10-11H2. The Balaban J connectivity index is 1.73. The third-order valence-electron chi connectivity index (χ3n) is 4.38. The molecule has 0 bridgehead atoms. The highest BCUT2D eigenvalue weighted by Crippen LogP contribution is 2.32. The lowest BCUT2D eigenvalue weighted by Gasteiger charge is -2.44. The molecule has 0 unspecified atom stereocenters. The Kier molecular flexibility index (Phi) is 3.67. The highest BCUT2D eigenvalue weighted by atomic mass is 32.2. The van der Waals surface area contributed by atoms with E-state index in [0.29, 0.717) is 12.5 Å². The van der Waals surface area contributed by atoms with Gasteiger partial charge in [0.2, 0.25) is 10.0 Å². The van der Waals surface area contributed by atoms with Crippen LogP contribution in [-0.4, -0.2) is 46.3 Å². The fraction of sp³-hybridized carbons (Fsp3) is 0.643. The molecule has 1 aliphatic carbocycles. The van der Waals surface area contributed by atoms with Crippen molar-refractivity contribution in [1.82, 2.24) is 14.1 Å². The molecule has 3 rings (SSSR count). The topological polar surface area (TPSA) is 75.4 Å². The molecule has 7 heteroatoms. The van der Waals surface area contributed by atoms with E-state index in [4.69, 9.17) is 0 Å². The number of hydrogen-bond donors (Lipinski definition) is 1. The van der Waals surface area contributed by atoms with Gasteiger partial charge in [0.25, 0.3) is 0 Å². The van der Waals surface area contributed by atoms with Gasteiger partial charge in [-0.2, -0.15) is 9.40 Å². The summed E-state index contributed by atoms with van der Waals surface area (Å²) in [7, 11) is -3.54. The Morgan fingerprint density at radius 1 is 1.43 bits per heavy atom. The summed E-state index contributed by atoms with van der Waals surface area (Å²) in [6.07, 6.45) is 9.52. The minimum Gasteiger partial charge on any atom is -0.387 e. The summed E-state index contributed by atoms with van der Waals surface area (Å²) in [5.41, 5.74) is -0.962. The Bertz CT molecular complexity index is 626. The number of hydrogen-bond acceptors (Lipinski definition) is 4. The van der Waals surface area contributed by atoms with Gasteiger partial charge in [-0.15, -0.1) is 6.58 Å². The smallest absolute Gasteiger partial charge is 0.246 e. The third kappa shape index (κ3) is 2.65. The molecule has 1 saturated carbocycles. The molecule has 0 spiro atoms. The number of aliphatic hydroxyl groups is 1. The lowest BCUT2D eigenvalue weighted by Crippen LogP contribution is -2.62. The van der Waals surface area contributed by atoms with Gasteiger partial charge >= 0.3 is 0 Å². The van der Waals surface area contributed by atoms with Crippen LogP contribution in [0.15, 0.2) is 29.9 Å². The fourth-order valence-electron chi connectivity index (χ4n) is 3.15. The van der Waals surface area contributed by atoms with E-state index in [9.17, 15) is 13.5 Å². The number of rotatable bonds is 5. The van der Waals surface area contributed by atoms with Crippen LogP contribution >= 0.6 is 0 Å². The predicted octanol–water partition coefficient (Wildman–Crippen LogP) is 1.31. The zero-order chi connectivity index (χ0) is 15.1. The molecular weight excluding hydrogens is 290 g/mol. The van der Waals surface area contributed by atoms with Crippen molar-refractivity contribution in [3.05, 3.63) is 25.0 Å². The first kappa shape index (κ1) is 14.7. The van der Waals surface area contributed by atoms with Crippen molar-refractivity contribution in [2.75, 3.05) is 13.1 Å². The SMILES string of the molecule is C=CCC1(O)CN(S(=O)(=O)c2cnn(C3CCCC3)c2)C1. The van der Waals surface area contributed by atoms with Crippen LogP contribution in [-0.2, 0) is 10.0 Å². The summed E-state index contributed by atoms with van der Waals surface area (Å²) >= 11 is 0. The zero-order valence-corrected chi connectivity index (χ0v) is 12.8. The van der Waals surface area contributed by atoms with E-state index in [1.165, 1.54) is 23.3 Å². The maximum absolute atomic E-state index is 12.5. The first-order chi connectivity index (χ1) is 9.94. The number of β-amino-alcohol motifs (C(OH)–C–C–N with tert-alkyl or cyclic N) is 1. The molecule has 1 aromatic rings. The summed E-state index contributed by atoms with van der Waals surface area (Å²) in [6.45, 7) is 3.82. The largest absolute Gasteiger partial charge is 0.387 e. The van der Waals surface area contributed by atoms with Crippen LogP contribution in [0.3, 0.4) is 0 Å². The molecule has 2 fully saturated rings. The van der Waals surface area contributed by atoms with Gasteiger partial charge in [-0.05, 0) is 19.3 Å². The van der Waals surface area contributed by atoms with Crippen molar-refractivity contribution in [3.63, 3.8) is 0 Å². The Hall–Kier alpha value is -1.18. The number of nitrogens with zero attached hydrogens (tertiary/aromatic N) is 3. The van der Waals surface area contributed by atoms with E-state index in [0.717, 1.165) is 12.8 Å². The van der Waals surface area contributed by atoms with Crippen molar-refractivity contribution in [3.8, 4) is 0 Å². The maximum atomic E-state index is 12.5. The monoisotopic (exact) mass is 311 g/mol. The van der Waals surface area contributed by atoms with E-state index in [1.807, 2.05) is 0 Å². The van der Waals surface area contributed by atoms with Crippen molar-refractivity contribution in [2.24, 2.45) is 0 Å². The molecule has 1 aromatic heterocycles. The molecule has 1 aliphatic heterocycles. The minimum absolute atomic E-state index is 0.121. The lowest BCUT2D eigenvalue weighted by molar-refractivity contribution is -0.0560. The van der Waals surface area contributed by atoms with Crippen LogP contribution in [0.5, 0.6) is 0 Å². The van der Waals surface area contributed by atoms with Crippen molar-refractivity contribution >= 4 is 10.0 Å². The van der Waals surface area contributed by atoms with Gasteiger partial charge in [-0.1, -0.05) is 18.9 Å². The normalized spacial score (nSPS) is 23.1. The molecular formula is C14H21N3O3S.